The molecule has 2 unspecified atom stereocenters. The molecule has 0 aromatic carbocycles. The molecule has 1 heterocycles. The Morgan fingerprint density at radius 1 is 1.37 bits per heavy atom. The molecule has 0 radical (unpaired) electrons. The predicted octanol–water partition coefficient (Wildman–Crippen LogP) is 0.281. The third-order valence-corrected chi connectivity index (χ3v) is 3.58. The highest BCUT2D eigenvalue weighted by atomic mass is 16.2. The van der Waals surface area contributed by atoms with Crippen molar-refractivity contribution in [3.05, 3.63) is 0 Å². The second kappa shape index (κ2) is 8.12. The van der Waals surface area contributed by atoms with E-state index in [0.717, 1.165) is 25.8 Å². The largest absolute Gasteiger partial charge is 0.338 e. The van der Waals surface area contributed by atoms with E-state index in [4.69, 9.17) is 5.73 Å². The van der Waals surface area contributed by atoms with Gasteiger partial charge in [0, 0.05) is 19.1 Å². The lowest BCUT2D eigenvalue weighted by molar-refractivity contribution is -0.122. The van der Waals surface area contributed by atoms with Crippen molar-refractivity contribution < 1.29 is 9.59 Å². The maximum atomic E-state index is 11.8. The van der Waals surface area contributed by atoms with E-state index in [-0.39, 0.29) is 12.5 Å². The third-order valence-electron chi connectivity index (χ3n) is 3.58. The van der Waals surface area contributed by atoms with Crippen LogP contribution in [0.25, 0.3) is 0 Å². The van der Waals surface area contributed by atoms with Gasteiger partial charge >= 0.3 is 6.03 Å². The van der Waals surface area contributed by atoms with Crippen LogP contribution in [-0.2, 0) is 4.79 Å². The van der Waals surface area contributed by atoms with E-state index in [2.05, 4.69) is 22.5 Å². The molecule has 3 amide bonds. The van der Waals surface area contributed by atoms with Gasteiger partial charge in [0.2, 0.25) is 5.91 Å². The number of urea groups is 1. The Kier molecular flexibility index (Phi) is 6.80. The molecule has 1 rings (SSSR count). The van der Waals surface area contributed by atoms with Gasteiger partial charge in [-0.2, -0.15) is 0 Å². The lowest BCUT2D eigenvalue weighted by Crippen LogP contribution is -2.50. The van der Waals surface area contributed by atoms with Crippen LogP contribution < -0.4 is 16.4 Å². The summed E-state index contributed by atoms with van der Waals surface area (Å²) in [6, 6.07) is -0.0425. The number of hydrogen-bond donors (Lipinski definition) is 3. The molecule has 0 aromatic rings. The third kappa shape index (κ3) is 5.57. The summed E-state index contributed by atoms with van der Waals surface area (Å²) in [5.41, 5.74) is 5.69. The molecule has 19 heavy (non-hydrogen) atoms. The SMILES string of the molecule is CCCNC(=O)NC(=O)CN1CC(CN)CCC1C. The molecule has 0 spiro atoms. The topological polar surface area (TPSA) is 87.5 Å². The average molecular weight is 270 g/mol. The number of nitrogens with zero attached hydrogens (tertiary/aromatic N) is 1. The maximum Gasteiger partial charge on any atom is 0.321 e. The van der Waals surface area contributed by atoms with Gasteiger partial charge < -0.3 is 11.1 Å². The molecule has 1 fully saturated rings. The van der Waals surface area contributed by atoms with Gasteiger partial charge in [0.05, 0.1) is 6.54 Å². The Balaban J connectivity index is 2.35. The highest BCUT2D eigenvalue weighted by Crippen LogP contribution is 2.20. The molecule has 0 aliphatic carbocycles. The summed E-state index contributed by atoms with van der Waals surface area (Å²) in [6.07, 6.45) is 3.02. The number of carbonyl (C=O) groups excluding carboxylic acids is 2. The molecule has 1 aliphatic heterocycles. The standard InChI is InChI=1S/C13H26N4O2/c1-3-6-15-13(19)16-12(18)9-17-8-11(7-14)5-4-10(17)2/h10-11H,3-9,14H2,1-2H3,(H2,15,16,18,19). The molecule has 2 atom stereocenters. The summed E-state index contributed by atoms with van der Waals surface area (Å²) in [5.74, 6) is 0.205. The van der Waals surface area contributed by atoms with Crippen molar-refractivity contribution in [3.63, 3.8) is 0 Å². The van der Waals surface area contributed by atoms with Crippen LogP contribution in [0.15, 0.2) is 0 Å². The molecule has 0 saturated carbocycles. The van der Waals surface area contributed by atoms with Crippen LogP contribution >= 0.6 is 0 Å². The van der Waals surface area contributed by atoms with Crippen molar-refractivity contribution in [1.82, 2.24) is 15.5 Å². The van der Waals surface area contributed by atoms with Crippen LogP contribution in [0.4, 0.5) is 4.79 Å². The number of carbonyl (C=O) groups is 2. The van der Waals surface area contributed by atoms with E-state index in [1.165, 1.54) is 0 Å². The molecule has 0 bridgehead atoms. The van der Waals surface area contributed by atoms with Crippen molar-refractivity contribution in [3.8, 4) is 0 Å². The van der Waals surface area contributed by atoms with Gasteiger partial charge in [0.15, 0.2) is 0 Å². The summed E-state index contributed by atoms with van der Waals surface area (Å²) in [4.78, 5) is 25.3. The first kappa shape index (κ1) is 15.9. The molecule has 6 heteroatoms. The van der Waals surface area contributed by atoms with Crippen molar-refractivity contribution in [2.45, 2.75) is 39.2 Å². The summed E-state index contributed by atoms with van der Waals surface area (Å²) < 4.78 is 0. The zero-order valence-corrected chi connectivity index (χ0v) is 11.9. The fourth-order valence-corrected chi connectivity index (χ4v) is 2.31. The minimum Gasteiger partial charge on any atom is -0.338 e. The van der Waals surface area contributed by atoms with E-state index < -0.39 is 6.03 Å². The van der Waals surface area contributed by atoms with Crippen LogP contribution in [0.2, 0.25) is 0 Å². The molecule has 4 N–H and O–H groups in total. The van der Waals surface area contributed by atoms with Crippen molar-refractivity contribution in [1.29, 1.82) is 0 Å². The van der Waals surface area contributed by atoms with Crippen molar-refractivity contribution >= 4 is 11.9 Å². The molecule has 110 valence electrons. The Morgan fingerprint density at radius 3 is 2.74 bits per heavy atom. The zero-order valence-electron chi connectivity index (χ0n) is 11.9. The number of imide groups is 1. The summed E-state index contributed by atoms with van der Waals surface area (Å²) >= 11 is 0. The van der Waals surface area contributed by atoms with Gasteiger partial charge in [-0.05, 0) is 38.6 Å². The predicted molar refractivity (Wildman–Crippen MR) is 74.6 cm³/mol. The highest BCUT2D eigenvalue weighted by molar-refractivity contribution is 5.95. The lowest BCUT2D eigenvalue weighted by atomic mass is 9.93. The first-order valence-corrected chi connectivity index (χ1v) is 7.08. The van der Waals surface area contributed by atoms with E-state index in [1.807, 2.05) is 6.92 Å². The van der Waals surface area contributed by atoms with Crippen LogP contribution in [0.1, 0.15) is 33.1 Å². The second-order valence-corrected chi connectivity index (χ2v) is 5.26. The molecular formula is C13H26N4O2. The Morgan fingerprint density at radius 2 is 2.11 bits per heavy atom. The average Bonchev–Trinajstić information content (AvgIpc) is 2.38. The summed E-state index contributed by atoms with van der Waals surface area (Å²) in [5, 5.41) is 4.98. The first-order chi connectivity index (χ1) is 9.06. The van der Waals surface area contributed by atoms with Gasteiger partial charge in [0.25, 0.3) is 0 Å². The molecule has 0 aromatic heterocycles. The van der Waals surface area contributed by atoms with E-state index in [9.17, 15) is 9.59 Å². The minimum atomic E-state index is -0.410. The Labute approximate surface area is 115 Å². The zero-order chi connectivity index (χ0) is 14.3. The van der Waals surface area contributed by atoms with E-state index >= 15 is 0 Å². The first-order valence-electron chi connectivity index (χ1n) is 7.08. The minimum absolute atomic E-state index is 0.252. The van der Waals surface area contributed by atoms with Gasteiger partial charge in [-0.3, -0.25) is 15.0 Å². The number of rotatable bonds is 5. The second-order valence-electron chi connectivity index (χ2n) is 5.26. The summed E-state index contributed by atoms with van der Waals surface area (Å²) in [7, 11) is 0. The number of nitrogens with one attached hydrogen (secondary N) is 2. The molecule has 1 saturated heterocycles. The fourth-order valence-electron chi connectivity index (χ4n) is 2.31. The maximum absolute atomic E-state index is 11.8. The highest BCUT2D eigenvalue weighted by Gasteiger charge is 2.26. The normalized spacial score (nSPS) is 23.9. The van der Waals surface area contributed by atoms with Gasteiger partial charge in [-0.1, -0.05) is 6.92 Å². The smallest absolute Gasteiger partial charge is 0.321 e. The Hall–Kier alpha value is -1.14. The Bertz CT molecular complexity index is 309. The van der Waals surface area contributed by atoms with Crippen molar-refractivity contribution in [2.75, 3.05) is 26.2 Å². The number of likely N-dealkylation sites (tertiary alicyclic amines) is 1. The van der Waals surface area contributed by atoms with Crippen LogP contribution in [-0.4, -0.2) is 49.1 Å². The molecular weight excluding hydrogens is 244 g/mol. The van der Waals surface area contributed by atoms with Crippen LogP contribution in [0.5, 0.6) is 0 Å². The number of amides is 3. The van der Waals surface area contributed by atoms with Gasteiger partial charge in [-0.25, -0.2) is 4.79 Å². The van der Waals surface area contributed by atoms with E-state index in [1.54, 1.807) is 0 Å². The van der Waals surface area contributed by atoms with E-state index in [0.29, 0.717) is 25.0 Å². The van der Waals surface area contributed by atoms with Crippen LogP contribution in [0.3, 0.4) is 0 Å². The van der Waals surface area contributed by atoms with Crippen LogP contribution in [0, 0.1) is 5.92 Å². The molecule has 6 nitrogen and oxygen atoms in total. The summed E-state index contributed by atoms with van der Waals surface area (Å²) in [6.45, 7) is 6.40. The van der Waals surface area contributed by atoms with Crippen molar-refractivity contribution in [2.24, 2.45) is 11.7 Å². The van der Waals surface area contributed by atoms with Gasteiger partial charge in [-0.15, -0.1) is 0 Å². The molecule has 1 aliphatic rings. The van der Waals surface area contributed by atoms with Gasteiger partial charge in [0.1, 0.15) is 0 Å². The number of nitrogens with two attached hydrogens (primary N) is 1. The lowest BCUT2D eigenvalue weighted by Gasteiger charge is -2.37. The quantitative estimate of drug-likeness (QED) is 0.669. The monoisotopic (exact) mass is 270 g/mol. The number of piperidine rings is 1. The fraction of sp³-hybridized carbons (Fsp3) is 0.846. The number of hydrogen-bond acceptors (Lipinski definition) is 4.